The molecular weight excluding hydrogens is 400 g/mol. The number of likely N-dealkylation sites (N-methyl/N-ethyl adjacent to an activating group) is 1. The molecule has 7 nitrogen and oxygen atoms in total. The summed E-state index contributed by atoms with van der Waals surface area (Å²) in [5.74, 6) is -0.230. The number of amides is 1. The van der Waals surface area contributed by atoms with E-state index in [1.165, 1.54) is 29.8 Å². The van der Waals surface area contributed by atoms with Crippen molar-refractivity contribution in [2.24, 2.45) is 0 Å². The Morgan fingerprint density at radius 2 is 1.67 bits per heavy atom. The largest absolute Gasteiger partial charge is 0.348 e. The number of sulfonamides is 1. The van der Waals surface area contributed by atoms with Gasteiger partial charge in [0.25, 0.3) is 5.91 Å². The topological polar surface area (TPSA) is 81.7 Å². The van der Waals surface area contributed by atoms with E-state index in [1.807, 2.05) is 12.1 Å². The number of nitrogens with one attached hydrogen (secondary N) is 2. The summed E-state index contributed by atoms with van der Waals surface area (Å²) in [6, 6.07) is 14.2. The summed E-state index contributed by atoms with van der Waals surface area (Å²) in [6.45, 7) is 7.69. The molecule has 0 spiro atoms. The Hall–Kier alpha value is -2.26. The molecule has 0 unspecified atom stereocenters. The highest BCUT2D eigenvalue weighted by molar-refractivity contribution is 7.89. The van der Waals surface area contributed by atoms with Crippen LogP contribution < -0.4 is 10.0 Å². The second kappa shape index (κ2) is 10.2. The SMILES string of the molecule is CCNS(=O)(=O)c1ccc(C(=O)NCc2cccc(CN3CCN(C)CC3)c2)cc1. The molecule has 1 aliphatic rings. The zero-order valence-electron chi connectivity index (χ0n) is 17.6. The van der Waals surface area contributed by atoms with Crippen molar-refractivity contribution in [1.82, 2.24) is 19.8 Å². The van der Waals surface area contributed by atoms with E-state index in [1.54, 1.807) is 6.92 Å². The van der Waals surface area contributed by atoms with Gasteiger partial charge < -0.3 is 10.2 Å². The van der Waals surface area contributed by atoms with Gasteiger partial charge in [0.2, 0.25) is 10.0 Å². The minimum absolute atomic E-state index is 0.150. The first kappa shape index (κ1) is 22.4. The quantitative estimate of drug-likeness (QED) is 0.666. The van der Waals surface area contributed by atoms with Crippen LogP contribution in [0.25, 0.3) is 0 Å². The molecule has 8 heteroatoms. The minimum Gasteiger partial charge on any atom is -0.348 e. The van der Waals surface area contributed by atoms with Crippen molar-refractivity contribution in [2.75, 3.05) is 39.8 Å². The number of nitrogens with zero attached hydrogens (tertiary/aromatic N) is 2. The van der Waals surface area contributed by atoms with E-state index in [2.05, 4.69) is 39.0 Å². The summed E-state index contributed by atoms with van der Waals surface area (Å²) in [6.07, 6.45) is 0. The molecule has 0 atom stereocenters. The van der Waals surface area contributed by atoms with Gasteiger partial charge in [-0.05, 0) is 42.4 Å². The molecule has 0 bridgehead atoms. The smallest absolute Gasteiger partial charge is 0.251 e. The lowest BCUT2D eigenvalue weighted by Gasteiger charge is -2.32. The Balaban J connectivity index is 1.55. The van der Waals surface area contributed by atoms with E-state index in [0.29, 0.717) is 18.7 Å². The molecule has 1 saturated heterocycles. The molecule has 1 amide bonds. The van der Waals surface area contributed by atoms with Crippen LogP contribution in [-0.2, 0) is 23.1 Å². The third-order valence-electron chi connectivity index (χ3n) is 5.21. The molecule has 1 heterocycles. The summed E-state index contributed by atoms with van der Waals surface area (Å²) in [4.78, 5) is 17.4. The van der Waals surface area contributed by atoms with Crippen LogP contribution in [0, 0.1) is 0 Å². The molecule has 0 aromatic heterocycles. The Morgan fingerprint density at radius 1 is 1.00 bits per heavy atom. The molecule has 0 radical (unpaired) electrons. The van der Waals surface area contributed by atoms with Crippen molar-refractivity contribution in [2.45, 2.75) is 24.9 Å². The second-order valence-electron chi connectivity index (χ2n) is 7.61. The van der Waals surface area contributed by atoms with Crippen molar-refractivity contribution < 1.29 is 13.2 Å². The van der Waals surface area contributed by atoms with Gasteiger partial charge in [0, 0.05) is 51.4 Å². The number of benzene rings is 2. The van der Waals surface area contributed by atoms with Crippen molar-refractivity contribution >= 4 is 15.9 Å². The number of hydrogen-bond donors (Lipinski definition) is 2. The van der Waals surface area contributed by atoms with Gasteiger partial charge in [-0.1, -0.05) is 31.2 Å². The zero-order valence-corrected chi connectivity index (χ0v) is 18.4. The molecule has 2 aromatic carbocycles. The van der Waals surface area contributed by atoms with Crippen molar-refractivity contribution in [3.8, 4) is 0 Å². The summed E-state index contributed by atoms with van der Waals surface area (Å²) in [5, 5.41) is 2.91. The van der Waals surface area contributed by atoms with Gasteiger partial charge in [-0.3, -0.25) is 9.69 Å². The predicted octanol–water partition coefficient (Wildman–Crippen LogP) is 1.66. The number of piperazine rings is 1. The highest BCUT2D eigenvalue weighted by atomic mass is 32.2. The first-order chi connectivity index (χ1) is 14.4. The second-order valence-corrected chi connectivity index (χ2v) is 9.37. The fraction of sp³-hybridized carbons (Fsp3) is 0.409. The molecule has 1 aliphatic heterocycles. The van der Waals surface area contributed by atoms with Crippen LogP contribution in [0.5, 0.6) is 0 Å². The highest BCUT2D eigenvalue weighted by Crippen LogP contribution is 2.12. The monoisotopic (exact) mass is 430 g/mol. The van der Waals surface area contributed by atoms with Crippen LogP contribution >= 0.6 is 0 Å². The normalized spacial score (nSPS) is 15.8. The molecule has 3 rings (SSSR count). The van der Waals surface area contributed by atoms with E-state index in [-0.39, 0.29) is 10.8 Å². The van der Waals surface area contributed by atoms with E-state index in [0.717, 1.165) is 38.3 Å². The van der Waals surface area contributed by atoms with Crippen LogP contribution in [0.4, 0.5) is 0 Å². The fourth-order valence-electron chi connectivity index (χ4n) is 3.45. The summed E-state index contributed by atoms with van der Waals surface area (Å²) < 4.78 is 26.4. The number of carbonyl (C=O) groups is 1. The third-order valence-corrected chi connectivity index (χ3v) is 6.77. The minimum atomic E-state index is -3.52. The average Bonchev–Trinajstić information content (AvgIpc) is 2.74. The first-order valence-corrected chi connectivity index (χ1v) is 11.7. The summed E-state index contributed by atoms with van der Waals surface area (Å²) in [7, 11) is -1.37. The van der Waals surface area contributed by atoms with Crippen LogP contribution in [0.15, 0.2) is 53.4 Å². The molecule has 162 valence electrons. The molecule has 2 N–H and O–H groups in total. The molecule has 2 aromatic rings. The Labute approximate surface area is 179 Å². The van der Waals surface area contributed by atoms with E-state index >= 15 is 0 Å². The Bertz CT molecular complexity index is 953. The Morgan fingerprint density at radius 3 is 2.33 bits per heavy atom. The van der Waals surface area contributed by atoms with Crippen LogP contribution in [-0.4, -0.2) is 63.9 Å². The summed E-state index contributed by atoms with van der Waals surface area (Å²) in [5.41, 5.74) is 2.71. The molecule has 30 heavy (non-hydrogen) atoms. The highest BCUT2D eigenvalue weighted by Gasteiger charge is 2.15. The maximum absolute atomic E-state index is 12.4. The number of rotatable bonds is 8. The molecule has 0 aliphatic carbocycles. The lowest BCUT2D eigenvalue weighted by atomic mass is 10.1. The number of carbonyl (C=O) groups excluding carboxylic acids is 1. The standard InChI is InChI=1S/C22H30N4O3S/c1-3-24-30(28,29)21-9-7-20(8-10-21)22(27)23-16-18-5-4-6-19(15-18)17-26-13-11-25(2)12-14-26/h4-10,15,24H,3,11-14,16-17H2,1-2H3,(H,23,27). The zero-order chi connectivity index (χ0) is 21.6. The molecule has 0 saturated carbocycles. The van der Waals surface area contributed by atoms with Gasteiger partial charge in [-0.25, -0.2) is 13.1 Å². The predicted molar refractivity (Wildman–Crippen MR) is 118 cm³/mol. The molecule has 1 fully saturated rings. The van der Waals surface area contributed by atoms with E-state index in [4.69, 9.17) is 0 Å². The van der Waals surface area contributed by atoms with E-state index < -0.39 is 10.0 Å². The Kier molecular flexibility index (Phi) is 7.60. The average molecular weight is 431 g/mol. The van der Waals surface area contributed by atoms with Crippen LogP contribution in [0.1, 0.15) is 28.4 Å². The third kappa shape index (κ3) is 6.12. The van der Waals surface area contributed by atoms with Crippen molar-refractivity contribution in [1.29, 1.82) is 0 Å². The van der Waals surface area contributed by atoms with Crippen molar-refractivity contribution in [3.63, 3.8) is 0 Å². The lowest BCUT2D eigenvalue weighted by molar-refractivity contribution is 0.0950. The fourth-order valence-corrected chi connectivity index (χ4v) is 4.49. The van der Waals surface area contributed by atoms with E-state index in [9.17, 15) is 13.2 Å². The van der Waals surface area contributed by atoms with Crippen LogP contribution in [0.2, 0.25) is 0 Å². The lowest BCUT2D eigenvalue weighted by Crippen LogP contribution is -2.43. The van der Waals surface area contributed by atoms with Gasteiger partial charge in [0.1, 0.15) is 0 Å². The maximum Gasteiger partial charge on any atom is 0.251 e. The van der Waals surface area contributed by atoms with Crippen LogP contribution in [0.3, 0.4) is 0 Å². The van der Waals surface area contributed by atoms with Gasteiger partial charge in [-0.2, -0.15) is 0 Å². The van der Waals surface area contributed by atoms with Gasteiger partial charge in [-0.15, -0.1) is 0 Å². The summed E-state index contributed by atoms with van der Waals surface area (Å²) >= 11 is 0. The van der Waals surface area contributed by atoms with Gasteiger partial charge in [0.15, 0.2) is 0 Å². The maximum atomic E-state index is 12.4. The van der Waals surface area contributed by atoms with Crippen molar-refractivity contribution in [3.05, 3.63) is 65.2 Å². The van der Waals surface area contributed by atoms with Gasteiger partial charge in [0.05, 0.1) is 4.90 Å². The number of hydrogen-bond acceptors (Lipinski definition) is 5. The molecular formula is C22H30N4O3S. The first-order valence-electron chi connectivity index (χ1n) is 10.2. The van der Waals surface area contributed by atoms with Gasteiger partial charge >= 0.3 is 0 Å².